The van der Waals surface area contributed by atoms with E-state index in [2.05, 4.69) is 5.32 Å². The molecule has 0 aromatic heterocycles. The van der Waals surface area contributed by atoms with Crippen molar-refractivity contribution < 1.29 is 18.3 Å². The monoisotopic (exact) mass is 397 g/mol. The molecule has 1 N–H and O–H groups in total. The quantitative estimate of drug-likeness (QED) is 0.500. The molecule has 0 radical (unpaired) electrons. The van der Waals surface area contributed by atoms with Crippen LogP contribution in [0.5, 0.6) is 5.75 Å². The van der Waals surface area contributed by atoms with Gasteiger partial charge in [-0.3, -0.25) is 4.79 Å². The van der Waals surface area contributed by atoms with Gasteiger partial charge in [-0.05, 0) is 36.6 Å². The predicted molar refractivity (Wildman–Crippen MR) is 105 cm³/mol. The summed E-state index contributed by atoms with van der Waals surface area (Å²) in [5.74, 6) is -1.71. The topological polar surface area (TPSA) is 38.3 Å². The van der Waals surface area contributed by atoms with Crippen LogP contribution in [0.3, 0.4) is 0 Å². The number of alkyl halides is 2. The van der Waals surface area contributed by atoms with E-state index in [1.54, 1.807) is 6.26 Å². The second kappa shape index (κ2) is 8.38. The third kappa shape index (κ3) is 4.76. The lowest BCUT2D eigenvalue weighted by Gasteiger charge is -2.18. The van der Waals surface area contributed by atoms with Crippen LogP contribution in [0, 0.1) is 11.8 Å². The maximum absolute atomic E-state index is 13.8. The van der Waals surface area contributed by atoms with E-state index in [4.69, 9.17) is 4.74 Å². The van der Waals surface area contributed by atoms with Crippen LogP contribution in [0.4, 0.5) is 8.78 Å². The lowest BCUT2D eigenvalue weighted by Crippen LogP contribution is -2.29. The lowest BCUT2D eigenvalue weighted by molar-refractivity contribution is 0.0169. The maximum atomic E-state index is 13.8. The Morgan fingerprint density at radius 2 is 1.89 bits per heavy atom. The molecule has 3 rings (SSSR count). The molecule has 0 unspecified atom stereocenters. The highest BCUT2D eigenvalue weighted by Gasteiger charge is 2.44. The smallest absolute Gasteiger partial charge is 0.270 e. The van der Waals surface area contributed by atoms with Gasteiger partial charge in [-0.2, -0.15) is 0 Å². The molecule has 0 heterocycles. The van der Waals surface area contributed by atoms with E-state index < -0.39 is 5.92 Å². The number of methoxy groups -OCH3 is 1. The van der Waals surface area contributed by atoms with Crippen LogP contribution in [-0.2, 0) is 5.92 Å². The van der Waals surface area contributed by atoms with Crippen molar-refractivity contribution in [1.82, 2.24) is 5.32 Å². The molecule has 27 heavy (non-hydrogen) atoms. The molecular formula is C21H29F2NO2S. The number of benzene rings is 1. The number of amides is 1. The molecule has 0 aliphatic heterocycles. The number of nitrogens with one attached hydrogen (secondary N) is 1. The molecule has 0 spiro atoms. The van der Waals surface area contributed by atoms with Crippen LogP contribution in [0.15, 0.2) is 17.0 Å². The van der Waals surface area contributed by atoms with Gasteiger partial charge >= 0.3 is 0 Å². The molecule has 2 fully saturated rings. The predicted octanol–water partition coefficient (Wildman–Crippen LogP) is 5.62. The van der Waals surface area contributed by atoms with Crippen molar-refractivity contribution in [1.29, 1.82) is 0 Å². The van der Waals surface area contributed by atoms with E-state index in [1.807, 2.05) is 0 Å². The Kier molecular flexibility index (Phi) is 6.34. The number of thioether (sulfide) groups is 1. The molecule has 1 aromatic rings. The molecule has 0 bridgehead atoms. The molecule has 2 atom stereocenters. The normalized spacial score (nSPS) is 23.6. The fourth-order valence-corrected chi connectivity index (χ4v) is 4.91. The van der Waals surface area contributed by atoms with Crippen molar-refractivity contribution in [3.05, 3.63) is 23.3 Å². The molecule has 2 aliphatic rings. The Balaban J connectivity index is 1.74. The Bertz CT molecular complexity index is 656. The number of ether oxygens (including phenoxy) is 1. The molecule has 0 saturated heterocycles. The zero-order valence-corrected chi connectivity index (χ0v) is 17.1. The van der Waals surface area contributed by atoms with Gasteiger partial charge in [0.15, 0.2) is 0 Å². The Morgan fingerprint density at radius 1 is 1.22 bits per heavy atom. The van der Waals surface area contributed by atoms with Gasteiger partial charge in [-0.1, -0.05) is 38.5 Å². The van der Waals surface area contributed by atoms with E-state index in [1.165, 1.54) is 69.5 Å². The first kappa shape index (κ1) is 20.4. The van der Waals surface area contributed by atoms with Gasteiger partial charge in [-0.25, -0.2) is 8.78 Å². The van der Waals surface area contributed by atoms with Gasteiger partial charge in [0.25, 0.3) is 11.8 Å². The molecule has 2 saturated carbocycles. The van der Waals surface area contributed by atoms with Gasteiger partial charge in [0.05, 0.1) is 12.7 Å². The van der Waals surface area contributed by atoms with Gasteiger partial charge in [0.1, 0.15) is 5.75 Å². The van der Waals surface area contributed by atoms with Gasteiger partial charge in [0.2, 0.25) is 0 Å². The third-order valence-electron chi connectivity index (χ3n) is 5.90. The number of hydrogen-bond donors (Lipinski definition) is 1. The fourth-order valence-electron chi connectivity index (χ4n) is 4.27. The average molecular weight is 398 g/mol. The third-order valence-corrected chi connectivity index (χ3v) is 6.66. The van der Waals surface area contributed by atoms with E-state index in [0.29, 0.717) is 22.3 Å². The van der Waals surface area contributed by atoms with Crippen molar-refractivity contribution in [2.75, 3.05) is 13.4 Å². The van der Waals surface area contributed by atoms with Crippen LogP contribution >= 0.6 is 11.8 Å². The highest BCUT2D eigenvalue weighted by Crippen LogP contribution is 2.44. The Hall–Kier alpha value is -1.30. The summed E-state index contributed by atoms with van der Waals surface area (Å²) in [5, 5.41) is 3.13. The van der Waals surface area contributed by atoms with Crippen molar-refractivity contribution in [3.63, 3.8) is 0 Å². The minimum atomic E-state index is -2.98. The fraction of sp³-hybridized carbons (Fsp3) is 0.667. The lowest BCUT2D eigenvalue weighted by atomic mass is 9.94. The maximum Gasteiger partial charge on any atom is 0.270 e. The minimum absolute atomic E-state index is 0.136. The first-order chi connectivity index (χ1) is 12.8. The van der Waals surface area contributed by atoms with Crippen LogP contribution in [0.2, 0.25) is 0 Å². The SMILES string of the molecule is COc1cc(C(C)(F)F)cc(SC)c1C(=O)N[C@H]1C[C@H]1C1CCCCCC1. The first-order valence-electron chi connectivity index (χ1n) is 9.80. The molecule has 2 aliphatic carbocycles. The van der Waals surface area contributed by atoms with E-state index in [-0.39, 0.29) is 23.3 Å². The summed E-state index contributed by atoms with van der Waals surface area (Å²) in [4.78, 5) is 13.4. The highest BCUT2D eigenvalue weighted by atomic mass is 32.2. The molecule has 1 amide bonds. The van der Waals surface area contributed by atoms with E-state index in [9.17, 15) is 13.6 Å². The zero-order chi connectivity index (χ0) is 19.6. The number of carbonyl (C=O) groups is 1. The Labute approximate surface area is 164 Å². The van der Waals surface area contributed by atoms with E-state index in [0.717, 1.165) is 13.3 Å². The summed E-state index contributed by atoms with van der Waals surface area (Å²) in [6.45, 7) is 0.854. The largest absolute Gasteiger partial charge is 0.496 e. The Morgan fingerprint density at radius 3 is 2.44 bits per heavy atom. The standard InChI is InChI=1S/C21H29F2NO2S/c1-21(22,23)14-10-17(26-2)19(18(11-14)27-3)20(25)24-16-12-15(16)13-8-6-4-5-7-9-13/h10-11,13,15-16H,4-9,12H2,1-3H3,(H,24,25)/t15-,16-/m0/s1. The van der Waals surface area contributed by atoms with Gasteiger partial charge in [0, 0.05) is 23.4 Å². The van der Waals surface area contributed by atoms with Crippen molar-refractivity contribution >= 4 is 17.7 Å². The zero-order valence-electron chi connectivity index (χ0n) is 16.3. The average Bonchev–Trinajstić information content (AvgIpc) is 3.42. The summed E-state index contributed by atoms with van der Waals surface area (Å²) in [6, 6.07) is 2.88. The molecule has 3 nitrogen and oxygen atoms in total. The van der Waals surface area contributed by atoms with Crippen LogP contribution in [0.25, 0.3) is 0 Å². The number of rotatable bonds is 6. The number of carbonyl (C=O) groups excluding carboxylic acids is 1. The van der Waals surface area contributed by atoms with Crippen molar-refractivity contribution in [3.8, 4) is 5.75 Å². The first-order valence-corrected chi connectivity index (χ1v) is 11.0. The van der Waals surface area contributed by atoms with E-state index >= 15 is 0 Å². The summed E-state index contributed by atoms with van der Waals surface area (Å²) in [7, 11) is 1.42. The molecule has 150 valence electrons. The summed E-state index contributed by atoms with van der Waals surface area (Å²) >= 11 is 1.29. The molecule has 1 aromatic carbocycles. The van der Waals surface area contributed by atoms with Crippen LogP contribution in [-0.4, -0.2) is 25.3 Å². The van der Waals surface area contributed by atoms with Crippen molar-refractivity contribution in [2.45, 2.75) is 68.7 Å². The van der Waals surface area contributed by atoms with Crippen LogP contribution in [0.1, 0.15) is 67.8 Å². The molecular weight excluding hydrogens is 368 g/mol. The highest BCUT2D eigenvalue weighted by molar-refractivity contribution is 7.98. The molecule has 6 heteroatoms. The second-order valence-corrected chi connectivity index (χ2v) is 8.72. The number of halogens is 2. The van der Waals surface area contributed by atoms with Gasteiger partial charge in [-0.15, -0.1) is 11.8 Å². The van der Waals surface area contributed by atoms with Gasteiger partial charge < -0.3 is 10.1 Å². The van der Waals surface area contributed by atoms with Crippen molar-refractivity contribution in [2.24, 2.45) is 11.8 Å². The summed E-state index contributed by atoms with van der Waals surface area (Å²) in [6.07, 6.45) is 10.6. The second-order valence-electron chi connectivity index (χ2n) is 7.88. The summed E-state index contributed by atoms with van der Waals surface area (Å²) < 4.78 is 32.8. The summed E-state index contributed by atoms with van der Waals surface area (Å²) in [5.41, 5.74) is 0.229. The number of hydrogen-bond acceptors (Lipinski definition) is 3. The van der Waals surface area contributed by atoms with Crippen LogP contribution < -0.4 is 10.1 Å². The minimum Gasteiger partial charge on any atom is -0.496 e.